The standard InChI is InChI=1S/C23H27BClF2N3O5.C20H17ClF2N4O3S.C3H2BrNS/c1-21(2)22(3,4)35-24(34-21)18-11-14(12-28-19(18)30-10-9-16(31)13-30)20(32)29-15-5-7-17(8-6-15)33-23(25,26)27;21-20(22,23)30-16-3-1-14(2-4-16)26-19(29)12-7-17(13-9-25-31-11-13)18(24-8-12)27-6-5-15(28)10-27;4-3-1-5-6-2-3/h5-8,11-12,16,31H,9-10,13H2,1-4H3,(H,29,32);1-4,7-9,11,15,28H,5-6,10H2,(H,26,29);1-2H/t16-;15-;/m11./s1. The van der Waals surface area contributed by atoms with Crippen molar-refractivity contribution in [2.75, 3.05) is 46.6 Å². The van der Waals surface area contributed by atoms with Crippen molar-refractivity contribution in [3.05, 3.63) is 112 Å². The fourth-order valence-electron chi connectivity index (χ4n) is 7.34. The summed E-state index contributed by atoms with van der Waals surface area (Å²) in [7, 11) is -0.762. The summed E-state index contributed by atoms with van der Waals surface area (Å²) in [5.41, 5.74) is -5.35. The quantitative estimate of drug-likeness (QED) is 0.0514. The number of aliphatic hydroxyl groups excluding tert-OH is 2. The average Bonchev–Trinajstić information content (AvgIpc) is 4.18. The first kappa shape index (κ1) is 54.6. The maximum absolute atomic E-state index is 13.0. The minimum Gasteiger partial charge on any atom is -0.420 e. The lowest BCUT2D eigenvalue weighted by molar-refractivity contribution is -0.0972. The van der Waals surface area contributed by atoms with Crippen LogP contribution >= 0.6 is 62.2 Å². The number of anilines is 4. The van der Waals surface area contributed by atoms with E-state index < -0.39 is 53.5 Å². The molecule has 7 heterocycles. The Labute approximate surface area is 438 Å². The molecule has 0 spiro atoms. The Hall–Kier alpha value is -5.18. The van der Waals surface area contributed by atoms with E-state index >= 15 is 0 Å². The van der Waals surface area contributed by atoms with Crippen molar-refractivity contribution in [1.82, 2.24) is 18.7 Å². The van der Waals surface area contributed by atoms with Gasteiger partial charge < -0.3 is 49.4 Å². The average molecular weight is 1140 g/mol. The Bertz CT molecular complexity index is 2770. The van der Waals surface area contributed by atoms with Crippen molar-refractivity contribution in [2.24, 2.45) is 0 Å². The third kappa shape index (κ3) is 14.7. The molecule has 0 aliphatic carbocycles. The number of rotatable bonds is 12. The highest BCUT2D eigenvalue weighted by Crippen LogP contribution is 2.38. The lowest BCUT2D eigenvalue weighted by Gasteiger charge is -2.32. The molecule has 4 aromatic heterocycles. The van der Waals surface area contributed by atoms with Crippen LogP contribution in [0.5, 0.6) is 11.5 Å². The number of hydrogen-bond donors (Lipinski definition) is 4. The van der Waals surface area contributed by atoms with E-state index in [0.29, 0.717) is 73.1 Å². The number of carbonyl (C=O) groups excluding carboxylic acids is 2. The molecule has 2 atom stereocenters. The van der Waals surface area contributed by atoms with Crippen molar-refractivity contribution in [3.63, 3.8) is 0 Å². The predicted octanol–water partition coefficient (Wildman–Crippen LogP) is 9.47. The zero-order valence-electron chi connectivity index (χ0n) is 38.7. The minimum absolute atomic E-state index is 0.135. The second-order valence-corrected chi connectivity index (χ2v) is 20.5. The highest BCUT2D eigenvalue weighted by molar-refractivity contribution is 9.10. The number of alkyl halides is 6. The molecule has 2 amide bonds. The van der Waals surface area contributed by atoms with Crippen LogP contribution in [0, 0.1) is 0 Å². The van der Waals surface area contributed by atoms with Gasteiger partial charge in [-0.25, -0.2) is 14.3 Å². The van der Waals surface area contributed by atoms with E-state index in [4.69, 9.17) is 32.5 Å². The van der Waals surface area contributed by atoms with Crippen LogP contribution in [0.25, 0.3) is 11.1 Å². The highest BCUT2D eigenvalue weighted by Gasteiger charge is 2.53. The van der Waals surface area contributed by atoms with Crippen LogP contribution in [-0.2, 0) is 9.31 Å². The van der Waals surface area contributed by atoms with Gasteiger partial charge in [-0.05, 0) is 140 Å². The van der Waals surface area contributed by atoms with Crippen LogP contribution in [0.15, 0.2) is 101 Å². The van der Waals surface area contributed by atoms with Gasteiger partial charge in [0.05, 0.1) is 40.7 Å². The van der Waals surface area contributed by atoms with Crippen LogP contribution in [0.4, 0.5) is 40.6 Å². The van der Waals surface area contributed by atoms with Crippen LogP contribution < -0.4 is 35.4 Å². The maximum Gasteiger partial charge on any atom is 0.498 e. The van der Waals surface area contributed by atoms with E-state index in [0.717, 1.165) is 15.6 Å². The van der Waals surface area contributed by atoms with E-state index in [-0.39, 0.29) is 17.1 Å². The van der Waals surface area contributed by atoms with E-state index in [1.807, 2.05) is 48.3 Å². The number of aromatic nitrogens is 4. The minimum atomic E-state index is -3.83. The van der Waals surface area contributed by atoms with Gasteiger partial charge >= 0.3 is 18.3 Å². The highest BCUT2D eigenvalue weighted by atomic mass is 79.9. The maximum atomic E-state index is 13.0. The normalized spacial score (nSPS) is 18.2. The number of nitrogens with one attached hydrogen (secondary N) is 2. The molecule has 382 valence electrons. The topological polar surface area (TPSA) is 194 Å². The van der Waals surface area contributed by atoms with Crippen molar-refractivity contribution >= 4 is 110 Å². The second kappa shape index (κ2) is 22.9. The number of β-amino-alcohol motifs (C(OH)–C–C–N with tert-alkyl or cyclic N) is 2. The lowest BCUT2D eigenvalue weighted by Crippen LogP contribution is -2.41. The summed E-state index contributed by atoms with van der Waals surface area (Å²) in [6, 6.07) is 14.1. The van der Waals surface area contributed by atoms with Crippen molar-refractivity contribution in [3.8, 4) is 22.6 Å². The smallest absolute Gasteiger partial charge is 0.420 e. The summed E-state index contributed by atoms with van der Waals surface area (Å²) >= 11 is 15.5. The van der Waals surface area contributed by atoms with E-state index in [1.54, 1.807) is 24.5 Å². The zero-order chi connectivity index (χ0) is 52.0. The summed E-state index contributed by atoms with van der Waals surface area (Å²) in [5.74, 6) is 0.103. The first-order chi connectivity index (χ1) is 33.9. The Morgan fingerprint density at radius 2 is 1.19 bits per heavy atom. The lowest BCUT2D eigenvalue weighted by atomic mass is 9.78. The number of halogens is 7. The van der Waals surface area contributed by atoms with Crippen molar-refractivity contribution < 1.29 is 56.1 Å². The molecule has 0 bridgehead atoms. The zero-order valence-corrected chi connectivity index (χ0v) is 43.4. The van der Waals surface area contributed by atoms with Crippen molar-refractivity contribution in [2.45, 2.75) is 75.1 Å². The molecule has 3 fully saturated rings. The molecule has 6 aromatic rings. The summed E-state index contributed by atoms with van der Waals surface area (Å²) in [4.78, 5) is 38.6. The van der Waals surface area contributed by atoms with Gasteiger partial charge in [-0.2, -0.15) is 4.37 Å². The summed E-state index contributed by atoms with van der Waals surface area (Å²) < 4.78 is 81.0. The van der Waals surface area contributed by atoms with Gasteiger partial charge in [0.15, 0.2) is 0 Å². The Morgan fingerprint density at radius 3 is 1.60 bits per heavy atom. The molecule has 3 aliphatic heterocycles. The summed E-state index contributed by atoms with van der Waals surface area (Å²) in [6.07, 6.45) is 6.76. The SMILES string of the molecule is Brc1cnsc1.CC1(C)OB(c2cc(C(=O)Nc3ccc(OC(F)(F)Cl)cc3)cnc2N2CC[C@@H](O)C2)OC1(C)C.O=C(Nc1ccc(OC(F)(F)Cl)cc1)c1cnc(N2CC[C@@H](O)C2)c(-c2cnsc2)c1. The van der Waals surface area contributed by atoms with Gasteiger partial charge in [-0.3, -0.25) is 9.59 Å². The van der Waals surface area contributed by atoms with E-state index in [9.17, 15) is 37.4 Å². The number of nitrogens with zero attached hydrogens (tertiary/aromatic N) is 6. The third-order valence-corrected chi connectivity index (χ3v) is 13.6. The molecule has 3 aliphatic rings. The number of hydrogen-bond acceptors (Lipinski definition) is 16. The predicted molar refractivity (Wildman–Crippen MR) is 272 cm³/mol. The summed E-state index contributed by atoms with van der Waals surface area (Å²) in [5, 5.41) is 29.1. The monoisotopic (exact) mass is 1140 g/mol. The molecule has 16 nitrogen and oxygen atoms in total. The van der Waals surface area contributed by atoms with Gasteiger partial charge in [0.25, 0.3) is 11.8 Å². The fraction of sp³-hybridized carbons (Fsp3) is 0.348. The number of benzene rings is 2. The Balaban J connectivity index is 0.000000190. The Kier molecular flexibility index (Phi) is 17.4. The first-order valence-corrected chi connectivity index (χ1v) is 25.1. The molecule has 3 saturated heterocycles. The molecule has 9 rings (SSSR count). The molecular weight excluding hydrogens is 1090 g/mol. The number of aliphatic hydroxyl groups is 2. The fourth-order valence-corrected chi connectivity index (χ4v) is 8.94. The number of ether oxygens (including phenoxy) is 2. The molecule has 0 saturated carbocycles. The largest absolute Gasteiger partial charge is 0.498 e. The Morgan fingerprint density at radius 1 is 0.736 bits per heavy atom. The summed E-state index contributed by atoms with van der Waals surface area (Å²) in [6.45, 7) is 9.91. The van der Waals surface area contributed by atoms with E-state index in [1.165, 1.54) is 84.0 Å². The molecule has 0 unspecified atom stereocenters. The molecule has 2 aromatic carbocycles. The molecule has 72 heavy (non-hydrogen) atoms. The van der Waals surface area contributed by atoms with Crippen LogP contribution in [-0.4, -0.2) is 109 Å². The van der Waals surface area contributed by atoms with E-state index in [2.05, 4.69) is 54.8 Å². The van der Waals surface area contributed by atoms with Crippen LogP contribution in [0.3, 0.4) is 0 Å². The van der Waals surface area contributed by atoms with Crippen molar-refractivity contribution in [1.29, 1.82) is 0 Å². The molecule has 0 radical (unpaired) electrons. The van der Waals surface area contributed by atoms with Crippen LogP contribution in [0.2, 0.25) is 0 Å². The van der Waals surface area contributed by atoms with Gasteiger partial charge in [0.1, 0.15) is 23.1 Å². The van der Waals surface area contributed by atoms with Crippen LogP contribution in [0.1, 0.15) is 61.3 Å². The first-order valence-electron chi connectivity index (χ1n) is 21.9. The molecular formula is C46H46BBrCl2F4N8O8S2. The van der Waals surface area contributed by atoms with Gasteiger partial charge in [0.2, 0.25) is 0 Å². The number of pyridine rings is 2. The van der Waals surface area contributed by atoms with Gasteiger partial charge in [-0.1, -0.05) is 0 Å². The molecule has 26 heteroatoms. The number of amides is 2. The third-order valence-electron chi connectivity index (χ3n) is 11.6. The van der Waals surface area contributed by atoms with Gasteiger partial charge in [-0.15, -0.1) is 17.6 Å². The van der Waals surface area contributed by atoms with Gasteiger partial charge in [0, 0.05) is 111 Å². The number of carbonyl (C=O) groups is 2. The molecule has 4 N–H and O–H groups in total. The second-order valence-electron chi connectivity index (χ2n) is 17.4.